The van der Waals surface area contributed by atoms with Gasteiger partial charge in [-0.15, -0.1) is 0 Å². The smallest absolute Gasteiger partial charge is 0.161 e. The molecule has 3 aromatic rings. The van der Waals surface area contributed by atoms with Crippen molar-refractivity contribution in [2.24, 2.45) is 0 Å². The van der Waals surface area contributed by atoms with Crippen molar-refractivity contribution in [2.45, 2.75) is 38.0 Å². The molecule has 2 aromatic carbocycles. The lowest BCUT2D eigenvalue weighted by Crippen LogP contribution is -2.34. The summed E-state index contributed by atoms with van der Waals surface area (Å²) in [7, 11) is 1.61. The molecule has 1 aliphatic heterocycles. The molecule has 4 rings (SSSR count). The van der Waals surface area contributed by atoms with Crippen LogP contribution >= 0.6 is 0 Å². The molecule has 0 atom stereocenters. The van der Waals surface area contributed by atoms with Crippen molar-refractivity contribution in [3.63, 3.8) is 0 Å². The number of ether oxygens (including phenoxy) is 2. The molecule has 170 valence electrons. The van der Waals surface area contributed by atoms with Gasteiger partial charge in [0.1, 0.15) is 12.1 Å². The summed E-state index contributed by atoms with van der Waals surface area (Å²) in [6.07, 6.45) is 5.46. The Bertz CT molecular complexity index is 1040. The van der Waals surface area contributed by atoms with Crippen molar-refractivity contribution in [3.05, 3.63) is 53.5 Å². The van der Waals surface area contributed by atoms with Crippen LogP contribution in [-0.4, -0.2) is 54.7 Å². The number of H-pyrrole nitrogens is 1. The number of carbonyl (C=O) groups is 1. The third-order valence-electron chi connectivity index (χ3n) is 6.22. The summed E-state index contributed by atoms with van der Waals surface area (Å²) < 4.78 is 24.7. The molecule has 0 unspecified atom stereocenters. The quantitative estimate of drug-likeness (QED) is 0.372. The monoisotopic (exact) mass is 439 g/mol. The van der Waals surface area contributed by atoms with Gasteiger partial charge in [-0.2, -0.15) is 5.10 Å². The number of nitrogens with zero attached hydrogens (tertiary/aromatic N) is 2. The molecule has 1 saturated heterocycles. The van der Waals surface area contributed by atoms with Gasteiger partial charge in [-0.3, -0.25) is 5.10 Å². The first-order valence-corrected chi connectivity index (χ1v) is 11.3. The number of fused-ring (bicyclic) bond motifs is 1. The Morgan fingerprint density at radius 3 is 2.78 bits per heavy atom. The molecule has 0 amide bonds. The Balaban J connectivity index is 1.18. The van der Waals surface area contributed by atoms with Crippen molar-refractivity contribution in [1.82, 2.24) is 15.1 Å². The highest BCUT2D eigenvalue weighted by Gasteiger charge is 2.23. The van der Waals surface area contributed by atoms with E-state index < -0.39 is 0 Å². The van der Waals surface area contributed by atoms with E-state index in [-0.39, 0.29) is 5.82 Å². The Morgan fingerprint density at radius 1 is 1.16 bits per heavy atom. The van der Waals surface area contributed by atoms with E-state index in [9.17, 15) is 9.18 Å². The van der Waals surface area contributed by atoms with E-state index >= 15 is 0 Å². The van der Waals surface area contributed by atoms with Gasteiger partial charge < -0.3 is 19.2 Å². The minimum atomic E-state index is -0.247. The number of unbranched alkanes of at least 4 members (excludes halogenated alkanes) is 1. The van der Waals surface area contributed by atoms with Crippen molar-refractivity contribution in [1.29, 1.82) is 0 Å². The van der Waals surface area contributed by atoms with Gasteiger partial charge in [0.25, 0.3) is 0 Å². The van der Waals surface area contributed by atoms with Crippen LogP contribution in [0.25, 0.3) is 10.9 Å². The lowest BCUT2D eigenvalue weighted by atomic mass is 9.91. The first kappa shape index (κ1) is 22.3. The zero-order chi connectivity index (χ0) is 22.3. The second kappa shape index (κ2) is 10.6. The molecule has 1 aromatic heterocycles. The minimum absolute atomic E-state index is 0.247. The number of nitrogens with one attached hydrogen (secondary N) is 1. The third-order valence-corrected chi connectivity index (χ3v) is 6.22. The number of hydrogen-bond acceptors (Lipinski definition) is 5. The zero-order valence-electron chi connectivity index (χ0n) is 18.5. The summed E-state index contributed by atoms with van der Waals surface area (Å²) in [6.45, 7) is 3.80. The van der Waals surface area contributed by atoms with Crippen molar-refractivity contribution in [2.75, 3.05) is 33.4 Å². The van der Waals surface area contributed by atoms with E-state index in [1.807, 2.05) is 24.3 Å². The van der Waals surface area contributed by atoms with Crippen LogP contribution in [0.5, 0.6) is 11.5 Å². The second-order valence-electron chi connectivity index (χ2n) is 8.33. The Kier molecular flexibility index (Phi) is 7.37. The molecule has 0 spiro atoms. The van der Waals surface area contributed by atoms with Crippen LogP contribution < -0.4 is 9.47 Å². The van der Waals surface area contributed by atoms with Crippen LogP contribution in [0.1, 0.15) is 42.9 Å². The average molecular weight is 440 g/mol. The number of hydrogen-bond donors (Lipinski definition) is 1. The maximum Gasteiger partial charge on any atom is 0.161 e. The van der Waals surface area contributed by atoms with E-state index in [1.165, 1.54) is 12.1 Å². The highest BCUT2D eigenvalue weighted by molar-refractivity contribution is 5.81. The maximum atomic E-state index is 13.4. The number of piperidine rings is 1. The number of aldehydes is 1. The van der Waals surface area contributed by atoms with Gasteiger partial charge in [-0.1, -0.05) is 6.07 Å². The average Bonchev–Trinajstić information content (AvgIpc) is 3.23. The molecule has 6 nitrogen and oxygen atoms in total. The Hall–Kier alpha value is -2.93. The molecule has 0 saturated carbocycles. The Labute approximate surface area is 187 Å². The molecule has 0 radical (unpaired) electrons. The maximum absolute atomic E-state index is 13.4. The predicted molar refractivity (Wildman–Crippen MR) is 122 cm³/mol. The van der Waals surface area contributed by atoms with E-state index in [0.717, 1.165) is 74.0 Å². The van der Waals surface area contributed by atoms with Gasteiger partial charge in [0.05, 0.1) is 19.2 Å². The first-order valence-electron chi connectivity index (χ1n) is 11.3. The molecular formula is C25H30FN3O3. The molecule has 1 N–H and O–H groups in total. The lowest BCUT2D eigenvalue weighted by Gasteiger charge is -2.31. The fourth-order valence-electron chi connectivity index (χ4n) is 4.44. The molecule has 32 heavy (non-hydrogen) atoms. The van der Waals surface area contributed by atoms with Crippen LogP contribution in [0, 0.1) is 5.82 Å². The molecule has 0 aliphatic carbocycles. The molecule has 0 bridgehead atoms. The number of methoxy groups -OCH3 is 1. The topological polar surface area (TPSA) is 67.5 Å². The van der Waals surface area contributed by atoms with Crippen molar-refractivity contribution >= 4 is 17.2 Å². The van der Waals surface area contributed by atoms with Gasteiger partial charge in [-0.25, -0.2) is 4.39 Å². The van der Waals surface area contributed by atoms with Gasteiger partial charge in [-0.05, 0) is 75.1 Å². The lowest BCUT2D eigenvalue weighted by molar-refractivity contribution is -0.107. The molecule has 7 heteroatoms. The third kappa shape index (κ3) is 5.27. The van der Waals surface area contributed by atoms with Crippen LogP contribution in [0.15, 0.2) is 36.4 Å². The summed E-state index contributed by atoms with van der Waals surface area (Å²) in [5.41, 5.74) is 2.77. The van der Waals surface area contributed by atoms with Crippen LogP contribution in [0.3, 0.4) is 0 Å². The van der Waals surface area contributed by atoms with E-state index in [0.29, 0.717) is 30.2 Å². The van der Waals surface area contributed by atoms with Gasteiger partial charge >= 0.3 is 0 Å². The van der Waals surface area contributed by atoms with E-state index in [4.69, 9.17) is 9.47 Å². The van der Waals surface area contributed by atoms with Crippen LogP contribution in [-0.2, 0) is 11.2 Å². The summed E-state index contributed by atoms with van der Waals surface area (Å²) in [6, 6.07) is 10.5. The Morgan fingerprint density at radius 2 is 2.00 bits per heavy atom. The molecule has 1 fully saturated rings. The van der Waals surface area contributed by atoms with Crippen LogP contribution in [0.2, 0.25) is 0 Å². The molecular weight excluding hydrogens is 409 g/mol. The molecule has 1 aliphatic rings. The number of aromatic amines is 1. The van der Waals surface area contributed by atoms with Crippen molar-refractivity contribution < 1.29 is 18.7 Å². The largest absolute Gasteiger partial charge is 0.493 e. The van der Waals surface area contributed by atoms with Crippen LogP contribution in [0.4, 0.5) is 4.39 Å². The summed E-state index contributed by atoms with van der Waals surface area (Å²) in [5, 5.41) is 8.46. The van der Waals surface area contributed by atoms with E-state index in [2.05, 4.69) is 15.1 Å². The number of halogens is 1. The van der Waals surface area contributed by atoms with Gasteiger partial charge in [0.15, 0.2) is 11.5 Å². The van der Waals surface area contributed by atoms with Gasteiger partial charge in [0.2, 0.25) is 0 Å². The number of carbonyl (C=O) groups excluding carboxylic acids is 1. The summed E-state index contributed by atoms with van der Waals surface area (Å²) in [5.74, 6) is 1.58. The number of aromatic nitrogens is 2. The number of benzene rings is 2. The predicted octanol–water partition coefficient (Wildman–Crippen LogP) is 4.49. The summed E-state index contributed by atoms with van der Waals surface area (Å²) >= 11 is 0. The van der Waals surface area contributed by atoms with Gasteiger partial charge in [0, 0.05) is 29.5 Å². The fourth-order valence-corrected chi connectivity index (χ4v) is 4.44. The first-order chi connectivity index (χ1) is 15.7. The highest BCUT2D eigenvalue weighted by atomic mass is 19.1. The molecule has 2 heterocycles. The number of likely N-dealkylation sites (tertiary alicyclic amines) is 1. The minimum Gasteiger partial charge on any atom is -0.493 e. The fraction of sp³-hybridized carbons (Fsp3) is 0.440. The second-order valence-corrected chi connectivity index (χ2v) is 8.33. The highest BCUT2D eigenvalue weighted by Crippen LogP contribution is 2.32. The van der Waals surface area contributed by atoms with E-state index in [1.54, 1.807) is 7.11 Å². The SMILES string of the molecule is COc1cc(CC=O)ccc1OCCCCN1CCC(c2[nH]nc3cc(F)ccc23)CC1. The summed E-state index contributed by atoms with van der Waals surface area (Å²) in [4.78, 5) is 13.2. The standard InChI is InChI=1S/C25H30FN3O3/c1-31-24-16-18(10-14-30)4-7-23(24)32-15-3-2-11-29-12-8-19(9-13-29)25-21-6-5-20(26)17-22(21)27-28-25/h4-7,14,16-17,19H,2-3,8-13,15H2,1H3,(H,27,28). The number of rotatable bonds is 10. The zero-order valence-corrected chi connectivity index (χ0v) is 18.5. The van der Waals surface area contributed by atoms with Crippen molar-refractivity contribution in [3.8, 4) is 11.5 Å². The normalized spacial score (nSPS) is 15.2.